The van der Waals surface area contributed by atoms with Crippen molar-refractivity contribution < 1.29 is 4.39 Å². The molecular formula is C18H21ClFN. The van der Waals surface area contributed by atoms with E-state index in [1.807, 2.05) is 6.92 Å². The summed E-state index contributed by atoms with van der Waals surface area (Å²) in [6, 6.07) is 11.2. The molecule has 2 aromatic rings. The number of halogens is 2. The van der Waals surface area contributed by atoms with E-state index in [4.69, 9.17) is 11.6 Å². The normalized spacial score (nSPS) is 12.4. The Morgan fingerprint density at radius 2 is 1.81 bits per heavy atom. The van der Waals surface area contributed by atoms with E-state index in [-0.39, 0.29) is 11.9 Å². The molecule has 0 radical (unpaired) electrons. The number of rotatable bonds is 5. The van der Waals surface area contributed by atoms with Gasteiger partial charge in [-0.05, 0) is 44.5 Å². The average Bonchev–Trinajstić information content (AvgIpc) is 2.37. The van der Waals surface area contributed by atoms with Crippen molar-refractivity contribution >= 4 is 11.6 Å². The zero-order valence-electron chi connectivity index (χ0n) is 12.7. The van der Waals surface area contributed by atoms with Gasteiger partial charge in [0, 0.05) is 16.6 Å². The van der Waals surface area contributed by atoms with Gasteiger partial charge in [0.1, 0.15) is 5.82 Å². The minimum Gasteiger partial charge on any atom is -0.310 e. The van der Waals surface area contributed by atoms with Crippen LogP contribution in [-0.2, 0) is 6.42 Å². The van der Waals surface area contributed by atoms with Gasteiger partial charge in [0.15, 0.2) is 0 Å². The number of benzene rings is 2. The number of hydrogen-bond donors (Lipinski definition) is 1. The fourth-order valence-corrected chi connectivity index (χ4v) is 3.08. The molecule has 0 aliphatic carbocycles. The molecule has 0 aliphatic rings. The van der Waals surface area contributed by atoms with Crippen molar-refractivity contribution in [1.82, 2.24) is 5.32 Å². The molecule has 21 heavy (non-hydrogen) atoms. The topological polar surface area (TPSA) is 12.0 Å². The van der Waals surface area contributed by atoms with Crippen molar-refractivity contribution in [2.24, 2.45) is 0 Å². The van der Waals surface area contributed by atoms with Crippen LogP contribution < -0.4 is 5.32 Å². The molecular weight excluding hydrogens is 285 g/mol. The molecule has 3 heteroatoms. The first-order valence-corrected chi connectivity index (χ1v) is 7.63. The maximum Gasteiger partial charge on any atom is 0.129 e. The van der Waals surface area contributed by atoms with E-state index >= 15 is 0 Å². The van der Waals surface area contributed by atoms with Gasteiger partial charge < -0.3 is 5.32 Å². The maximum absolute atomic E-state index is 14.2. The van der Waals surface area contributed by atoms with Crippen molar-refractivity contribution in [1.29, 1.82) is 0 Å². The van der Waals surface area contributed by atoms with E-state index in [0.29, 0.717) is 10.6 Å². The highest BCUT2D eigenvalue weighted by Gasteiger charge is 2.18. The fourth-order valence-electron chi connectivity index (χ4n) is 2.79. The summed E-state index contributed by atoms with van der Waals surface area (Å²) in [6.45, 7) is 6.94. The molecule has 1 unspecified atom stereocenters. The number of hydrogen-bond acceptors (Lipinski definition) is 1. The minimum absolute atomic E-state index is 0.120. The van der Waals surface area contributed by atoms with Crippen LogP contribution in [-0.4, -0.2) is 6.54 Å². The van der Waals surface area contributed by atoms with Gasteiger partial charge in [-0.1, -0.05) is 53.9 Å². The van der Waals surface area contributed by atoms with Crippen molar-refractivity contribution in [3.05, 3.63) is 69.5 Å². The van der Waals surface area contributed by atoms with E-state index in [2.05, 4.69) is 37.4 Å². The van der Waals surface area contributed by atoms with Crippen molar-refractivity contribution in [3.8, 4) is 0 Å². The highest BCUT2D eigenvalue weighted by molar-refractivity contribution is 6.31. The Labute approximate surface area is 131 Å². The minimum atomic E-state index is -0.252. The Morgan fingerprint density at radius 1 is 1.14 bits per heavy atom. The number of nitrogens with one attached hydrogen (secondary N) is 1. The smallest absolute Gasteiger partial charge is 0.129 e. The molecule has 0 aliphatic heterocycles. The zero-order chi connectivity index (χ0) is 15.4. The summed E-state index contributed by atoms with van der Waals surface area (Å²) >= 11 is 6.21. The summed E-state index contributed by atoms with van der Waals surface area (Å²) < 4.78 is 14.2. The molecule has 2 rings (SSSR count). The number of likely N-dealkylation sites (N-methyl/N-ethyl adjacent to an activating group) is 1. The van der Waals surface area contributed by atoms with E-state index in [1.54, 1.807) is 12.1 Å². The Bertz CT molecular complexity index is 584. The van der Waals surface area contributed by atoms with Gasteiger partial charge in [0.25, 0.3) is 0 Å². The van der Waals surface area contributed by atoms with Gasteiger partial charge in [-0.25, -0.2) is 4.39 Å². The van der Waals surface area contributed by atoms with Crippen LogP contribution in [0.15, 0.2) is 36.4 Å². The van der Waals surface area contributed by atoms with E-state index in [1.165, 1.54) is 22.8 Å². The van der Waals surface area contributed by atoms with Crippen LogP contribution in [0.25, 0.3) is 0 Å². The molecule has 0 fully saturated rings. The predicted octanol–water partition coefficient (Wildman–Crippen LogP) is 4.99. The molecule has 112 valence electrons. The monoisotopic (exact) mass is 305 g/mol. The van der Waals surface area contributed by atoms with Crippen molar-refractivity contribution in [2.45, 2.75) is 33.2 Å². The van der Waals surface area contributed by atoms with Crippen molar-refractivity contribution in [2.75, 3.05) is 6.54 Å². The van der Waals surface area contributed by atoms with E-state index in [0.717, 1.165) is 13.0 Å². The van der Waals surface area contributed by atoms with Crippen LogP contribution in [0.5, 0.6) is 0 Å². The Morgan fingerprint density at radius 3 is 2.38 bits per heavy atom. The first-order chi connectivity index (χ1) is 10.0. The predicted molar refractivity (Wildman–Crippen MR) is 87.4 cm³/mol. The Balaban J connectivity index is 2.35. The third-order valence-electron chi connectivity index (χ3n) is 3.52. The van der Waals surface area contributed by atoms with Crippen LogP contribution in [0.1, 0.15) is 35.2 Å². The van der Waals surface area contributed by atoms with Gasteiger partial charge >= 0.3 is 0 Å². The summed E-state index contributed by atoms with van der Waals surface area (Å²) in [4.78, 5) is 0. The number of aryl methyl sites for hydroxylation is 2. The molecule has 0 amide bonds. The van der Waals surface area contributed by atoms with Gasteiger partial charge in [-0.2, -0.15) is 0 Å². The SMILES string of the molecule is CCNC(Cc1cc(C)cc(C)c1)c1c(F)cccc1Cl. The highest BCUT2D eigenvalue weighted by Crippen LogP contribution is 2.28. The van der Waals surface area contributed by atoms with Gasteiger partial charge in [-0.15, -0.1) is 0 Å². The quantitative estimate of drug-likeness (QED) is 0.820. The molecule has 2 aromatic carbocycles. The first-order valence-electron chi connectivity index (χ1n) is 7.25. The summed E-state index contributed by atoms with van der Waals surface area (Å²) in [5.74, 6) is -0.252. The van der Waals surface area contributed by atoms with Gasteiger partial charge in [0.2, 0.25) is 0 Å². The van der Waals surface area contributed by atoms with E-state index < -0.39 is 0 Å². The second-order valence-electron chi connectivity index (χ2n) is 5.45. The molecule has 1 N–H and O–H groups in total. The van der Waals surface area contributed by atoms with Crippen LogP contribution in [0.2, 0.25) is 5.02 Å². The van der Waals surface area contributed by atoms with Crippen LogP contribution in [0, 0.1) is 19.7 Å². The summed E-state index contributed by atoms with van der Waals surface area (Å²) in [6.07, 6.45) is 0.719. The summed E-state index contributed by atoms with van der Waals surface area (Å²) in [5.41, 5.74) is 4.19. The lowest BCUT2D eigenvalue weighted by atomic mass is 9.96. The average molecular weight is 306 g/mol. The Hall–Kier alpha value is -1.38. The zero-order valence-corrected chi connectivity index (χ0v) is 13.5. The molecule has 0 spiro atoms. The maximum atomic E-state index is 14.2. The lowest BCUT2D eigenvalue weighted by Gasteiger charge is -2.21. The van der Waals surface area contributed by atoms with Gasteiger partial charge in [0.05, 0.1) is 0 Å². The molecule has 0 bridgehead atoms. The van der Waals surface area contributed by atoms with Crippen LogP contribution in [0.3, 0.4) is 0 Å². The van der Waals surface area contributed by atoms with Gasteiger partial charge in [-0.3, -0.25) is 0 Å². The third-order valence-corrected chi connectivity index (χ3v) is 3.85. The summed E-state index contributed by atoms with van der Waals surface area (Å²) in [5, 5.41) is 3.82. The lowest BCUT2D eigenvalue weighted by Crippen LogP contribution is -2.24. The third kappa shape index (κ3) is 4.05. The molecule has 0 saturated carbocycles. The molecule has 0 aromatic heterocycles. The summed E-state index contributed by atoms with van der Waals surface area (Å²) in [7, 11) is 0. The second-order valence-corrected chi connectivity index (χ2v) is 5.85. The largest absolute Gasteiger partial charge is 0.310 e. The Kier molecular flexibility index (Phi) is 5.38. The van der Waals surface area contributed by atoms with E-state index in [9.17, 15) is 4.39 Å². The van der Waals surface area contributed by atoms with Crippen LogP contribution in [0.4, 0.5) is 4.39 Å². The fraction of sp³-hybridized carbons (Fsp3) is 0.333. The standard InChI is InChI=1S/C18H21ClFN/c1-4-21-17(18-15(19)6-5-7-16(18)20)11-14-9-12(2)8-13(3)10-14/h5-10,17,21H,4,11H2,1-3H3. The van der Waals surface area contributed by atoms with Crippen molar-refractivity contribution in [3.63, 3.8) is 0 Å². The first kappa shape index (κ1) is 16.0. The molecule has 0 heterocycles. The van der Waals surface area contributed by atoms with Crippen LogP contribution >= 0.6 is 11.6 Å². The molecule has 0 saturated heterocycles. The second kappa shape index (κ2) is 7.06. The highest BCUT2D eigenvalue weighted by atomic mass is 35.5. The lowest BCUT2D eigenvalue weighted by molar-refractivity contribution is 0.510. The molecule has 1 atom stereocenters. The molecule has 1 nitrogen and oxygen atoms in total.